The summed E-state index contributed by atoms with van der Waals surface area (Å²) >= 11 is 0. The molecular weight excluding hydrogens is 318 g/mol. The Morgan fingerprint density at radius 1 is 1.28 bits per heavy atom. The first-order valence-electron chi connectivity index (χ1n) is 8.95. The number of aromatic nitrogens is 4. The molecule has 3 heterocycles. The average molecular weight is 345 g/mol. The predicted molar refractivity (Wildman–Crippen MR) is 93.1 cm³/mol. The van der Waals surface area contributed by atoms with E-state index in [9.17, 15) is 4.79 Å². The topological polar surface area (TPSA) is 77.0 Å². The van der Waals surface area contributed by atoms with Gasteiger partial charge in [-0.1, -0.05) is 12.1 Å². The van der Waals surface area contributed by atoms with Gasteiger partial charge >= 0.3 is 0 Å². The van der Waals surface area contributed by atoms with Gasteiger partial charge in [-0.25, -0.2) is 0 Å². The van der Waals surface area contributed by atoms with Crippen molar-refractivity contribution in [2.24, 2.45) is 13.0 Å². The van der Waals surface area contributed by atoms with Gasteiger partial charge in [-0.3, -0.25) is 9.48 Å². The summed E-state index contributed by atoms with van der Waals surface area (Å²) in [5.74, 6) is 1.83. The number of aryl methyl sites for hydroxylation is 3. The molecule has 0 spiro atoms. The van der Waals surface area contributed by atoms with Crippen LogP contribution >= 0.6 is 0 Å². The number of piperidine rings is 1. The summed E-state index contributed by atoms with van der Waals surface area (Å²) in [5.41, 5.74) is 3.35. The summed E-state index contributed by atoms with van der Waals surface area (Å²) in [6.45, 7) is 9.42. The maximum absolute atomic E-state index is 12.8. The zero-order valence-electron chi connectivity index (χ0n) is 15.7. The molecule has 0 aromatic carbocycles. The summed E-state index contributed by atoms with van der Waals surface area (Å²) in [5, 5.41) is 8.31. The number of nitrogens with zero attached hydrogens (tertiary/aromatic N) is 5. The summed E-state index contributed by atoms with van der Waals surface area (Å²) in [4.78, 5) is 19.1. The number of carbonyl (C=O) groups excluding carboxylic acids is 1. The second-order valence-electron chi connectivity index (χ2n) is 7.16. The van der Waals surface area contributed by atoms with Crippen LogP contribution in [0.1, 0.15) is 54.3 Å². The molecule has 1 unspecified atom stereocenters. The number of hydrogen-bond donors (Lipinski definition) is 0. The normalized spacial score (nSPS) is 17.1. The van der Waals surface area contributed by atoms with Crippen LogP contribution in [0, 0.1) is 26.7 Å². The molecule has 1 fully saturated rings. The fraction of sp³-hybridized carbons (Fsp3) is 0.667. The van der Waals surface area contributed by atoms with E-state index in [0.717, 1.165) is 43.7 Å². The van der Waals surface area contributed by atoms with E-state index < -0.39 is 0 Å². The molecule has 1 atom stereocenters. The van der Waals surface area contributed by atoms with Crippen LogP contribution in [0.25, 0.3) is 0 Å². The molecule has 3 rings (SSSR count). The van der Waals surface area contributed by atoms with Crippen LogP contribution in [0.3, 0.4) is 0 Å². The maximum atomic E-state index is 12.8. The van der Waals surface area contributed by atoms with Gasteiger partial charge in [0.25, 0.3) is 0 Å². The summed E-state index contributed by atoms with van der Waals surface area (Å²) in [6, 6.07) is 0. The van der Waals surface area contributed by atoms with Crippen molar-refractivity contribution in [1.82, 2.24) is 24.8 Å². The summed E-state index contributed by atoms with van der Waals surface area (Å²) in [6.07, 6.45) is 2.50. The van der Waals surface area contributed by atoms with Gasteiger partial charge in [-0.05, 0) is 45.6 Å². The minimum Gasteiger partial charge on any atom is -0.342 e. The molecule has 0 saturated carbocycles. The number of likely N-dealkylation sites (tertiary alicyclic amines) is 1. The SMILES string of the molecule is Cc1noc(C2CCN(C(=O)C(C)Cc3c(C)nn(C)c3C)CC2)n1. The van der Waals surface area contributed by atoms with Crippen LogP contribution in [-0.4, -0.2) is 43.8 Å². The standard InChI is InChI=1S/C18H27N5O2/c1-11(10-16-12(2)20-22(5)13(16)3)18(24)23-8-6-15(7-9-23)17-19-14(4)21-25-17/h11,15H,6-10H2,1-5H3. The smallest absolute Gasteiger partial charge is 0.229 e. The van der Waals surface area contributed by atoms with Gasteiger partial charge in [0, 0.05) is 37.7 Å². The van der Waals surface area contributed by atoms with Crippen LogP contribution in [0.5, 0.6) is 0 Å². The lowest BCUT2D eigenvalue weighted by atomic mass is 9.94. The first kappa shape index (κ1) is 17.6. The molecule has 7 heteroatoms. The molecular formula is C18H27N5O2. The highest BCUT2D eigenvalue weighted by molar-refractivity contribution is 5.79. The molecule has 7 nitrogen and oxygen atoms in total. The van der Waals surface area contributed by atoms with Crippen molar-refractivity contribution in [3.63, 3.8) is 0 Å². The lowest BCUT2D eigenvalue weighted by molar-refractivity contribution is -0.136. The van der Waals surface area contributed by atoms with Crippen LogP contribution < -0.4 is 0 Å². The van der Waals surface area contributed by atoms with E-state index in [1.165, 1.54) is 5.56 Å². The van der Waals surface area contributed by atoms with E-state index in [1.807, 2.05) is 37.4 Å². The second-order valence-corrected chi connectivity index (χ2v) is 7.16. The largest absolute Gasteiger partial charge is 0.342 e. The van der Waals surface area contributed by atoms with Gasteiger partial charge in [-0.15, -0.1) is 0 Å². The van der Waals surface area contributed by atoms with Crippen LogP contribution in [0.2, 0.25) is 0 Å². The Morgan fingerprint density at radius 2 is 1.96 bits per heavy atom. The molecule has 1 amide bonds. The molecule has 1 aliphatic rings. The van der Waals surface area contributed by atoms with Crippen molar-refractivity contribution < 1.29 is 9.32 Å². The minimum absolute atomic E-state index is 0.0381. The molecule has 136 valence electrons. The number of hydrogen-bond acceptors (Lipinski definition) is 5. The monoisotopic (exact) mass is 345 g/mol. The Morgan fingerprint density at radius 3 is 2.48 bits per heavy atom. The number of carbonyl (C=O) groups is 1. The Hall–Kier alpha value is -2.18. The quantitative estimate of drug-likeness (QED) is 0.850. The van der Waals surface area contributed by atoms with Crippen molar-refractivity contribution in [1.29, 1.82) is 0 Å². The third-order valence-corrected chi connectivity index (χ3v) is 5.29. The Labute approximate surface area is 148 Å². The van der Waals surface area contributed by atoms with Gasteiger partial charge < -0.3 is 9.42 Å². The number of rotatable bonds is 4. The molecule has 1 saturated heterocycles. The Bertz CT molecular complexity index is 756. The van der Waals surface area contributed by atoms with Crippen molar-refractivity contribution in [2.45, 2.75) is 52.9 Å². The first-order valence-corrected chi connectivity index (χ1v) is 8.95. The van der Waals surface area contributed by atoms with Crippen molar-refractivity contribution in [3.05, 3.63) is 28.7 Å². The Kier molecular flexibility index (Phi) is 4.92. The first-order chi connectivity index (χ1) is 11.9. The van der Waals surface area contributed by atoms with E-state index in [1.54, 1.807) is 0 Å². The highest BCUT2D eigenvalue weighted by Crippen LogP contribution is 2.28. The van der Waals surface area contributed by atoms with Gasteiger partial charge in [0.05, 0.1) is 5.69 Å². The lowest BCUT2D eigenvalue weighted by Gasteiger charge is -2.32. The van der Waals surface area contributed by atoms with Gasteiger partial charge in [0.15, 0.2) is 5.82 Å². The fourth-order valence-electron chi connectivity index (χ4n) is 3.64. The van der Waals surface area contributed by atoms with E-state index in [0.29, 0.717) is 11.7 Å². The Balaban J connectivity index is 1.58. The van der Waals surface area contributed by atoms with Gasteiger partial charge in [0.2, 0.25) is 11.8 Å². The minimum atomic E-state index is -0.0381. The van der Waals surface area contributed by atoms with Crippen molar-refractivity contribution >= 4 is 5.91 Å². The predicted octanol–water partition coefficient (Wildman–Crippen LogP) is 2.31. The zero-order chi connectivity index (χ0) is 18.1. The lowest BCUT2D eigenvalue weighted by Crippen LogP contribution is -2.41. The van der Waals surface area contributed by atoms with Crippen LogP contribution in [0.4, 0.5) is 0 Å². The zero-order valence-corrected chi connectivity index (χ0v) is 15.7. The summed E-state index contributed by atoms with van der Waals surface area (Å²) in [7, 11) is 1.95. The highest BCUT2D eigenvalue weighted by atomic mass is 16.5. The fourth-order valence-corrected chi connectivity index (χ4v) is 3.64. The van der Waals surface area contributed by atoms with Crippen LogP contribution in [0.15, 0.2) is 4.52 Å². The molecule has 2 aromatic heterocycles. The van der Waals surface area contributed by atoms with E-state index >= 15 is 0 Å². The molecule has 1 aliphatic heterocycles. The third kappa shape index (κ3) is 3.60. The van der Waals surface area contributed by atoms with Crippen molar-refractivity contribution in [3.8, 4) is 0 Å². The second kappa shape index (κ2) is 6.98. The van der Waals surface area contributed by atoms with E-state index in [-0.39, 0.29) is 17.7 Å². The molecule has 25 heavy (non-hydrogen) atoms. The van der Waals surface area contributed by atoms with Gasteiger partial charge in [-0.2, -0.15) is 10.1 Å². The molecule has 0 N–H and O–H groups in total. The van der Waals surface area contributed by atoms with Crippen molar-refractivity contribution in [2.75, 3.05) is 13.1 Å². The van der Waals surface area contributed by atoms with E-state index in [4.69, 9.17) is 4.52 Å². The highest BCUT2D eigenvalue weighted by Gasteiger charge is 2.29. The third-order valence-electron chi connectivity index (χ3n) is 5.29. The molecule has 0 bridgehead atoms. The van der Waals surface area contributed by atoms with E-state index in [2.05, 4.69) is 22.2 Å². The molecule has 0 aliphatic carbocycles. The number of amides is 1. The molecule has 2 aromatic rings. The van der Waals surface area contributed by atoms with Crippen LogP contribution in [-0.2, 0) is 18.3 Å². The van der Waals surface area contributed by atoms with Gasteiger partial charge in [0.1, 0.15) is 0 Å². The average Bonchev–Trinajstić information content (AvgIpc) is 3.13. The maximum Gasteiger partial charge on any atom is 0.229 e. The molecule has 0 radical (unpaired) electrons. The summed E-state index contributed by atoms with van der Waals surface area (Å²) < 4.78 is 7.17.